The number of amides is 1. The monoisotopic (exact) mass is 280 g/mol. The standard InChI is InChI=1S/C15H21FN2O2/c1-11(19)12-5-6-14(13(16)9-12)17(2)10-15(20)18-7-3-4-8-18/h5-6,9,11,19H,3-4,7-8,10H2,1-2H3/t11-/m0/s1. The lowest BCUT2D eigenvalue weighted by molar-refractivity contribution is -0.128. The fourth-order valence-electron chi connectivity index (χ4n) is 2.45. The zero-order chi connectivity index (χ0) is 14.7. The Bertz CT molecular complexity index is 485. The van der Waals surface area contributed by atoms with Crippen molar-refractivity contribution in [3.05, 3.63) is 29.6 Å². The van der Waals surface area contributed by atoms with Gasteiger partial charge in [0.1, 0.15) is 5.82 Å². The van der Waals surface area contributed by atoms with E-state index in [2.05, 4.69) is 0 Å². The van der Waals surface area contributed by atoms with Gasteiger partial charge in [-0.15, -0.1) is 0 Å². The molecule has 1 fully saturated rings. The van der Waals surface area contributed by atoms with Crippen LogP contribution in [0.5, 0.6) is 0 Å². The average molecular weight is 280 g/mol. The molecule has 0 radical (unpaired) electrons. The first kappa shape index (κ1) is 14.8. The van der Waals surface area contributed by atoms with Gasteiger partial charge in [0, 0.05) is 20.1 Å². The molecule has 1 saturated heterocycles. The minimum absolute atomic E-state index is 0.0315. The van der Waals surface area contributed by atoms with Crippen LogP contribution in [0.1, 0.15) is 31.4 Å². The van der Waals surface area contributed by atoms with E-state index >= 15 is 0 Å². The number of anilines is 1. The third-order valence-corrected chi connectivity index (χ3v) is 3.70. The number of nitrogens with zero attached hydrogens (tertiary/aromatic N) is 2. The summed E-state index contributed by atoms with van der Waals surface area (Å²) in [6.45, 7) is 3.37. The Morgan fingerprint density at radius 3 is 2.65 bits per heavy atom. The Kier molecular flexibility index (Phi) is 4.60. The first-order chi connectivity index (χ1) is 9.49. The van der Waals surface area contributed by atoms with Gasteiger partial charge in [0.15, 0.2) is 0 Å². The number of likely N-dealkylation sites (tertiary alicyclic amines) is 1. The number of rotatable bonds is 4. The molecule has 0 aromatic heterocycles. The van der Waals surface area contributed by atoms with E-state index in [1.54, 1.807) is 31.0 Å². The van der Waals surface area contributed by atoms with Gasteiger partial charge < -0.3 is 14.9 Å². The number of aliphatic hydroxyl groups excluding tert-OH is 1. The molecule has 0 aliphatic carbocycles. The summed E-state index contributed by atoms with van der Waals surface area (Å²) in [5.74, 6) is -0.385. The van der Waals surface area contributed by atoms with Crippen LogP contribution in [0.3, 0.4) is 0 Å². The number of halogens is 1. The number of carbonyl (C=O) groups excluding carboxylic acids is 1. The summed E-state index contributed by atoms with van der Waals surface area (Å²) in [6, 6.07) is 4.60. The van der Waals surface area contributed by atoms with Crippen molar-refractivity contribution in [3.63, 3.8) is 0 Å². The highest BCUT2D eigenvalue weighted by Crippen LogP contribution is 2.23. The normalized spacial score (nSPS) is 16.3. The second-order valence-corrected chi connectivity index (χ2v) is 5.33. The van der Waals surface area contributed by atoms with Gasteiger partial charge in [-0.1, -0.05) is 6.07 Å². The summed E-state index contributed by atoms with van der Waals surface area (Å²) < 4.78 is 14.0. The zero-order valence-corrected chi connectivity index (χ0v) is 12.0. The number of carbonyl (C=O) groups is 1. The largest absolute Gasteiger partial charge is 0.389 e. The summed E-state index contributed by atoms with van der Waals surface area (Å²) in [5.41, 5.74) is 0.910. The number of likely N-dealkylation sites (N-methyl/N-ethyl adjacent to an activating group) is 1. The molecule has 1 aromatic carbocycles. The lowest BCUT2D eigenvalue weighted by Gasteiger charge is -2.23. The highest BCUT2D eigenvalue weighted by atomic mass is 19.1. The lowest BCUT2D eigenvalue weighted by Crippen LogP contribution is -2.37. The van der Waals surface area contributed by atoms with Crippen molar-refractivity contribution in [1.82, 2.24) is 4.90 Å². The third-order valence-electron chi connectivity index (χ3n) is 3.70. The number of hydrogen-bond acceptors (Lipinski definition) is 3. The summed E-state index contributed by atoms with van der Waals surface area (Å²) in [4.78, 5) is 15.5. The van der Waals surface area contributed by atoms with Crippen LogP contribution in [-0.2, 0) is 4.79 Å². The quantitative estimate of drug-likeness (QED) is 0.916. The zero-order valence-electron chi connectivity index (χ0n) is 12.0. The van der Waals surface area contributed by atoms with Crippen molar-refractivity contribution in [1.29, 1.82) is 0 Å². The van der Waals surface area contributed by atoms with Crippen LogP contribution in [0.25, 0.3) is 0 Å². The molecular weight excluding hydrogens is 259 g/mol. The SMILES string of the molecule is C[C@H](O)c1ccc(N(C)CC(=O)N2CCCC2)c(F)c1. The van der Waals surface area contributed by atoms with Crippen molar-refractivity contribution in [2.75, 3.05) is 31.6 Å². The molecule has 1 amide bonds. The van der Waals surface area contributed by atoms with E-state index in [9.17, 15) is 14.3 Å². The van der Waals surface area contributed by atoms with E-state index in [1.165, 1.54) is 6.07 Å². The number of hydrogen-bond donors (Lipinski definition) is 1. The molecule has 1 N–H and O–H groups in total. The molecule has 0 bridgehead atoms. The van der Waals surface area contributed by atoms with Crippen LogP contribution in [-0.4, -0.2) is 42.6 Å². The van der Waals surface area contributed by atoms with Gasteiger partial charge in [-0.25, -0.2) is 4.39 Å². The predicted octanol–water partition coefficient (Wildman–Crippen LogP) is 1.94. The molecule has 0 spiro atoms. The van der Waals surface area contributed by atoms with Crippen LogP contribution < -0.4 is 4.90 Å². The number of aliphatic hydroxyl groups is 1. The fraction of sp³-hybridized carbons (Fsp3) is 0.533. The van der Waals surface area contributed by atoms with Crippen molar-refractivity contribution < 1.29 is 14.3 Å². The second-order valence-electron chi connectivity index (χ2n) is 5.33. The summed E-state index contributed by atoms with van der Waals surface area (Å²) >= 11 is 0. The predicted molar refractivity (Wildman–Crippen MR) is 76.1 cm³/mol. The van der Waals surface area contributed by atoms with Crippen LogP contribution >= 0.6 is 0 Å². The van der Waals surface area contributed by atoms with Gasteiger partial charge in [-0.05, 0) is 37.5 Å². The van der Waals surface area contributed by atoms with Gasteiger partial charge in [-0.3, -0.25) is 4.79 Å². The Hall–Kier alpha value is -1.62. The molecule has 20 heavy (non-hydrogen) atoms. The van der Waals surface area contributed by atoms with Gasteiger partial charge in [0.2, 0.25) is 5.91 Å². The van der Waals surface area contributed by atoms with Gasteiger partial charge in [0.05, 0.1) is 18.3 Å². The minimum Gasteiger partial charge on any atom is -0.389 e. The lowest BCUT2D eigenvalue weighted by atomic mass is 10.1. The summed E-state index contributed by atoms with van der Waals surface area (Å²) in [6.07, 6.45) is 1.40. The Morgan fingerprint density at radius 1 is 1.45 bits per heavy atom. The Morgan fingerprint density at radius 2 is 2.10 bits per heavy atom. The van der Waals surface area contributed by atoms with Gasteiger partial charge in [-0.2, -0.15) is 0 Å². The first-order valence-corrected chi connectivity index (χ1v) is 6.95. The fourth-order valence-corrected chi connectivity index (χ4v) is 2.45. The van der Waals surface area contributed by atoms with Crippen molar-refractivity contribution in [3.8, 4) is 0 Å². The molecule has 4 nitrogen and oxygen atoms in total. The molecule has 0 unspecified atom stereocenters. The first-order valence-electron chi connectivity index (χ1n) is 6.95. The molecular formula is C15H21FN2O2. The third kappa shape index (κ3) is 3.28. The van der Waals surface area contributed by atoms with E-state index in [1.807, 2.05) is 4.90 Å². The van der Waals surface area contributed by atoms with Crippen LogP contribution in [0.4, 0.5) is 10.1 Å². The molecule has 1 aliphatic rings. The van der Waals surface area contributed by atoms with E-state index in [0.29, 0.717) is 11.3 Å². The maximum Gasteiger partial charge on any atom is 0.242 e. The van der Waals surface area contributed by atoms with Crippen LogP contribution in [0.2, 0.25) is 0 Å². The van der Waals surface area contributed by atoms with E-state index in [-0.39, 0.29) is 12.5 Å². The minimum atomic E-state index is -0.699. The van der Waals surface area contributed by atoms with Crippen molar-refractivity contribution in [2.24, 2.45) is 0 Å². The molecule has 2 rings (SSSR count). The summed E-state index contributed by atoms with van der Waals surface area (Å²) in [7, 11) is 1.70. The smallest absolute Gasteiger partial charge is 0.242 e. The molecule has 1 heterocycles. The molecule has 5 heteroatoms. The highest BCUT2D eigenvalue weighted by Gasteiger charge is 2.20. The topological polar surface area (TPSA) is 43.8 Å². The second kappa shape index (κ2) is 6.22. The van der Waals surface area contributed by atoms with E-state index < -0.39 is 11.9 Å². The molecule has 1 aliphatic heterocycles. The molecule has 1 atom stereocenters. The maximum atomic E-state index is 14.0. The summed E-state index contributed by atoms with van der Waals surface area (Å²) in [5, 5.41) is 9.43. The average Bonchev–Trinajstić information content (AvgIpc) is 2.92. The van der Waals surface area contributed by atoms with E-state index in [4.69, 9.17) is 0 Å². The van der Waals surface area contributed by atoms with Crippen LogP contribution in [0.15, 0.2) is 18.2 Å². The van der Waals surface area contributed by atoms with Crippen LogP contribution in [0, 0.1) is 5.82 Å². The van der Waals surface area contributed by atoms with Crippen molar-refractivity contribution in [2.45, 2.75) is 25.9 Å². The molecule has 1 aromatic rings. The Balaban J connectivity index is 2.05. The van der Waals surface area contributed by atoms with E-state index in [0.717, 1.165) is 25.9 Å². The number of benzene rings is 1. The molecule has 0 saturated carbocycles. The van der Waals surface area contributed by atoms with Crippen molar-refractivity contribution >= 4 is 11.6 Å². The highest BCUT2D eigenvalue weighted by molar-refractivity contribution is 5.81. The molecule has 110 valence electrons. The van der Waals surface area contributed by atoms with Gasteiger partial charge >= 0.3 is 0 Å². The van der Waals surface area contributed by atoms with Gasteiger partial charge in [0.25, 0.3) is 0 Å². The Labute approximate surface area is 118 Å². The maximum absolute atomic E-state index is 14.0.